The Labute approximate surface area is 176 Å². The van der Waals surface area contributed by atoms with Crippen LogP contribution in [0.3, 0.4) is 0 Å². The molecule has 7 nitrogen and oxygen atoms in total. The van der Waals surface area contributed by atoms with Crippen LogP contribution >= 0.6 is 24.0 Å². The molecule has 1 fully saturated rings. The molecule has 2 atom stereocenters. The van der Waals surface area contributed by atoms with Gasteiger partial charge in [0.15, 0.2) is 5.96 Å². The van der Waals surface area contributed by atoms with E-state index in [-0.39, 0.29) is 41.9 Å². The lowest BCUT2D eigenvalue weighted by Gasteiger charge is -2.33. The summed E-state index contributed by atoms with van der Waals surface area (Å²) in [5.74, 6) is 1.54. The van der Waals surface area contributed by atoms with Crippen LogP contribution in [0.25, 0.3) is 0 Å². The predicted molar refractivity (Wildman–Crippen MR) is 119 cm³/mol. The summed E-state index contributed by atoms with van der Waals surface area (Å²) in [4.78, 5) is 7.06. The van der Waals surface area contributed by atoms with E-state index in [4.69, 9.17) is 4.74 Å². The van der Waals surface area contributed by atoms with Gasteiger partial charge in [0.25, 0.3) is 0 Å². The molecule has 1 aliphatic rings. The van der Waals surface area contributed by atoms with Gasteiger partial charge in [0, 0.05) is 38.5 Å². The first-order valence-electron chi connectivity index (χ1n) is 9.26. The Bertz CT molecular complexity index is 514. The average molecular weight is 504 g/mol. The minimum Gasteiger partial charge on any atom is -0.374 e. The van der Waals surface area contributed by atoms with E-state index in [1.165, 1.54) is 6.26 Å². The fraction of sp³-hybridized carbons (Fsp3) is 0.941. The van der Waals surface area contributed by atoms with Crippen LogP contribution in [0, 0.1) is 5.92 Å². The highest BCUT2D eigenvalue weighted by molar-refractivity contribution is 14.0. The van der Waals surface area contributed by atoms with Gasteiger partial charge in [0.05, 0.1) is 25.0 Å². The maximum absolute atomic E-state index is 11.3. The SMILES string of the molecule is CCNC(=NCC1CN(CC(C)C)CCO1)NC(C)CCS(C)(=O)=O.I. The summed E-state index contributed by atoms with van der Waals surface area (Å²) in [6.07, 6.45) is 1.93. The van der Waals surface area contributed by atoms with E-state index in [0.717, 1.165) is 32.8 Å². The highest BCUT2D eigenvalue weighted by Gasteiger charge is 2.21. The van der Waals surface area contributed by atoms with Crippen molar-refractivity contribution in [1.82, 2.24) is 15.5 Å². The number of rotatable bonds is 9. The highest BCUT2D eigenvalue weighted by Crippen LogP contribution is 2.08. The first-order valence-corrected chi connectivity index (χ1v) is 11.3. The molecule has 0 aromatic rings. The minimum atomic E-state index is -2.94. The summed E-state index contributed by atoms with van der Waals surface area (Å²) in [7, 11) is -2.94. The molecule has 1 saturated heterocycles. The lowest BCUT2D eigenvalue weighted by atomic mass is 10.2. The van der Waals surface area contributed by atoms with Crippen molar-refractivity contribution in [3.05, 3.63) is 0 Å². The Balaban J connectivity index is 0.00000625. The molecular weight excluding hydrogens is 467 g/mol. The van der Waals surface area contributed by atoms with Crippen molar-refractivity contribution in [2.45, 2.75) is 46.3 Å². The molecule has 0 radical (unpaired) electrons. The van der Waals surface area contributed by atoms with Crippen LogP contribution in [-0.2, 0) is 14.6 Å². The van der Waals surface area contributed by atoms with Crippen LogP contribution in [0.15, 0.2) is 4.99 Å². The Morgan fingerprint density at radius 2 is 2.04 bits per heavy atom. The van der Waals surface area contributed by atoms with Crippen LogP contribution in [0.5, 0.6) is 0 Å². The molecule has 1 aliphatic heterocycles. The second kappa shape index (κ2) is 13.1. The van der Waals surface area contributed by atoms with Crippen molar-refractivity contribution >= 4 is 39.8 Å². The number of guanidine groups is 1. The number of halogens is 1. The molecule has 2 N–H and O–H groups in total. The van der Waals surface area contributed by atoms with Gasteiger partial charge in [-0.15, -0.1) is 24.0 Å². The van der Waals surface area contributed by atoms with E-state index in [2.05, 4.69) is 34.4 Å². The minimum absolute atomic E-state index is 0. The summed E-state index contributed by atoms with van der Waals surface area (Å²) in [5, 5.41) is 6.49. The molecule has 0 saturated carbocycles. The summed E-state index contributed by atoms with van der Waals surface area (Å²) in [6.45, 7) is 13.5. The molecule has 2 unspecified atom stereocenters. The van der Waals surface area contributed by atoms with E-state index >= 15 is 0 Å². The largest absolute Gasteiger partial charge is 0.374 e. The van der Waals surface area contributed by atoms with Crippen LogP contribution in [0.4, 0.5) is 0 Å². The van der Waals surface area contributed by atoms with Crippen molar-refractivity contribution in [1.29, 1.82) is 0 Å². The number of sulfone groups is 1. The molecule has 1 rings (SSSR count). The van der Waals surface area contributed by atoms with Crippen molar-refractivity contribution in [2.24, 2.45) is 10.9 Å². The zero-order chi connectivity index (χ0) is 18.9. The molecule has 0 aromatic carbocycles. The number of nitrogens with one attached hydrogen (secondary N) is 2. The monoisotopic (exact) mass is 504 g/mol. The third-order valence-corrected chi connectivity index (χ3v) is 4.93. The Hall–Kier alpha value is -0.130. The zero-order valence-electron chi connectivity index (χ0n) is 16.8. The van der Waals surface area contributed by atoms with Gasteiger partial charge in [0.1, 0.15) is 9.84 Å². The highest BCUT2D eigenvalue weighted by atomic mass is 127. The number of hydrogen-bond acceptors (Lipinski definition) is 5. The number of nitrogens with zero attached hydrogens (tertiary/aromatic N) is 2. The normalized spacial score (nSPS) is 20.5. The standard InChI is InChI=1S/C17H36N4O3S.HI/c1-6-18-17(20-15(4)7-10-25(5,22)23)19-11-16-13-21(8-9-24-16)12-14(2)3;/h14-16H,6-13H2,1-5H3,(H2,18,19,20);1H. The molecule has 1 heterocycles. The number of hydrogen-bond donors (Lipinski definition) is 2. The summed E-state index contributed by atoms with van der Waals surface area (Å²) < 4.78 is 28.4. The second-order valence-corrected chi connectivity index (χ2v) is 9.59. The van der Waals surface area contributed by atoms with Gasteiger partial charge in [-0.1, -0.05) is 13.8 Å². The summed E-state index contributed by atoms with van der Waals surface area (Å²) in [5.41, 5.74) is 0. The van der Waals surface area contributed by atoms with Crippen molar-refractivity contribution in [2.75, 3.05) is 51.3 Å². The van der Waals surface area contributed by atoms with Crippen LogP contribution in [-0.4, -0.2) is 82.8 Å². The third-order valence-electron chi connectivity index (χ3n) is 3.95. The molecule has 0 aliphatic carbocycles. The maximum atomic E-state index is 11.3. The molecular formula is C17H37IN4O3S. The Morgan fingerprint density at radius 1 is 1.35 bits per heavy atom. The van der Waals surface area contributed by atoms with Crippen molar-refractivity contribution in [3.63, 3.8) is 0 Å². The topological polar surface area (TPSA) is 83.0 Å². The van der Waals surface area contributed by atoms with E-state index < -0.39 is 9.84 Å². The first-order chi connectivity index (χ1) is 11.7. The third kappa shape index (κ3) is 12.3. The molecule has 26 heavy (non-hydrogen) atoms. The van der Waals surface area contributed by atoms with Gasteiger partial charge in [0.2, 0.25) is 0 Å². The second-order valence-electron chi connectivity index (χ2n) is 7.33. The first kappa shape index (κ1) is 25.9. The molecule has 0 spiro atoms. The van der Waals surface area contributed by atoms with Gasteiger partial charge >= 0.3 is 0 Å². The quantitative estimate of drug-likeness (QED) is 0.280. The smallest absolute Gasteiger partial charge is 0.191 e. The maximum Gasteiger partial charge on any atom is 0.191 e. The molecule has 0 aromatic heterocycles. The van der Waals surface area contributed by atoms with Crippen LogP contribution in [0.1, 0.15) is 34.1 Å². The summed E-state index contributed by atoms with van der Waals surface area (Å²) in [6, 6.07) is 0.0391. The molecule has 0 amide bonds. The fourth-order valence-electron chi connectivity index (χ4n) is 2.78. The van der Waals surface area contributed by atoms with E-state index in [1.54, 1.807) is 0 Å². The lowest BCUT2D eigenvalue weighted by molar-refractivity contribution is -0.0262. The van der Waals surface area contributed by atoms with Crippen LogP contribution in [0.2, 0.25) is 0 Å². The molecule has 156 valence electrons. The lowest BCUT2D eigenvalue weighted by Crippen LogP contribution is -2.46. The Kier molecular flexibility index (Phi) is 13.0. The average Bonchev–Trinajstić information content (AvgIpc) is 2.50. The van der Waals surface area contributed by atoms with Gasteiger partial charge < -0.3 is 15.4 Å². The van der Waals surface area contributed by atoms with Crippen molar-refractivity contribution < 1.29 is 13.2 Å². The van der Waals surface area contributed by atoms with Crippen molar-refractivity contribution in [3.8, 4) is 0 Å². The molecule has 0 bridgehead atoms. The van der Waals surface area contributed by atoms with Gasteiger partial charge in [-0.2, -0.15) is 0 Å². The number of ether oxygens (including phenoxy) is 1. The Morgan fingerprint density at radius 3 is 2.62 bits per heavy atom. The van der Waals surface area contributed by atoms with Gasteiger partial charge in [-0.3, -0.25) is 9.89 Å². The fourth-order valence-corrected chi connectivity index (χ4v) is 3.56. The van der Waals surface area contributed by atoms with Crippen LogP contribution < -0.4 is 10.6 Å². The van der Waals surface area contributed by atoms with Gasteiger partial charge in [-0.25, -0.2) is 8.42 Å². The number of aliphatic imine (C=N–C) groups is 1. The van der Waals surface area contributed by atoms with E-state index in [9.17, 15) is 8.42 Å². The summed E-state index contributed by atoms with van der Waals surface area (Å²) >= 11 is 0. The predicted octanol–water partition coefficient (Wildman–Crippen LogP) is 1.34. The van der Waals surface area contributed by atoms with E-state index in [1.807, 2.05) is 13.8 Å². The van der Waals surface area contributed by atoms with E-state index in [0.29, 0.717) is 24.8 Å². The zero-order valence-corrected chi connectivity index (χ0v) is 20.0. The molecule has 9 heteroatoms. The van der Waals surface area contributed by atoms with Gasteiger partial charge in [-0.05, 0) is 26.2 Å². The number of morpholine rings is 1.